The van der Waals surface area contributed by atoms with Crippen molar-refractivity contribution in [3.8, 4) is 5.75 Å². The Morgan fingerprint density at radius 2 is 1.68 bits per heavy atom. The van der Waals surface area contributed by atoms with E-state index >= 15 is 0 Å². The molecule has 1 N–H and O–H groups in total. The first-order valence-electron chi connectivity index (χ1n) is 9.16. The Bertz CT molecular complexity index is 901. The van der Waals surface area contributed by atoms with Crippen LogP contribution in [0.2, 0.25) is 0 Å². The Morgan fingerprint density at radius 3 is 2.21 bits per heavy atom. The number of halogens is 3. The third kappa shape index (κ3) is 3.94. The van der Waals surface area contributed by atoms with Gasteiger partial charge in [0.2, 0.25) is 5.91 Å². The van der Waals surface area contributed by atoms with E-state index in [0.717, 1.165) is 5.01 Å². The van der Waals surface area contributed by atoms with Gasteiger partial charge in [-0.2, -0.15) is 18.2 Å². The first-order chi connectivity index (χ1) is 12.8. The quantitative estimate of drug-likeness (QED) is 0.784. The summed E-state index contributed by atoms with van der Waals surface area (Å²) >= 11 is 0. The van der Waals surface area contributed by atoms with Gasteiger partial charge < -0.3 is 4.74 Å². The first-order valence-corrected chi connectivity index (χ1v) is 9.16. The number of carbonyl (C=O) groups excluding carboxylic acids is 1. The molecule has 1 fully saturated rings. The van der Waals surface area contributed by atoms with E-state index in [1.807, 2.05) is 20.8 Å². The van der Waals surface area contributed by atoms with Gasteiger partial charge in [-0.05, 0) is 51.6 Å². The highest BCUT2D eigenvalue weighted by atomic mass is 19.4. The molecule has 152 valence electrons. The van der Waals surface area contributed by atoms with Crippen LogP contribution in [-0.2, 0) is 4.79 Å². The largest absolute Gasteiger partial charge is 0.488 e. The number of benzene rings is 2. The SMILES string of the molecule is CC(C)(C)Oc1cccc2c(C(N3NC(=O)CC3(C)C)C(F)(F)F)cccc12. The number of rotatable bonds is 3. The number of hydrogen-bond donors (Lipinski definition) is 1. The molecule has 2 aromatic rings. The number of amides is 1. The summed E-state index contributed by atoms with van der Waals surface area (Å²) in [6.07, 6.45) is -4.58. The highest BCUT2D eigenvalue weighted by Crippen LogP contribution is 2.45. The van der Waals surface area contributed by atoms with Gasteiger partial charge >= 0.3 is 6.18 Å². The highest BCUT2D eigenvalue weighted by Gasteiger charge is 2.53. The molecule has 0 radical (unpaired) electrons. The van der Waals surface area contributed by atoms with Gasteiger partial charge in [0, 0.05) is 17.3 Å². The highest BCUT2D eigenvalue weighted by molar-refractivity contribution is 5.91. The molecule has 0 bridgehead atoms. The summed E-state index contributed by atoms with van der Waals surface area (Å²) < 4.78 is 48.6. The Kier molecular flexibility index (Phi) is 4.86. The number of fused-ring (bicyclic) bond motifs is 1. The van der Waals surface area contributed by atoms with Crippen LogP contribution in [-0.4, -0.2) is 28.2 Å². The Morgan fingerprint density at radius 1 is 1.07 bits per heavy atom. The molecule has 1 aliphatic rings. The maximum absolute atomic E-state index is 14.2. The molecule has 0 aliphatic carbocycles. The van der Waals surface area contributed by atoms with E-state index < -0.39 is 29.3 Å². The van der Waals surface area contributed by atoms with Crippen molar-refractivity contribution in [2.75, 3.05) is 0 Å². The Hall–Kier alpha value is -2.28. The van der Waals surface area contributed by atoms with Gasteiger partial charge in [-0.25, -0.2) is 0 Å². The van der Waals surface area contributed by atoms with Crippen molar-refractivity contribution >= 4 is 16.7 Å². The van der Waals surface area contributed by atoms with Gasteiger partial charge in [-0.1, -0.05) is 30.3 Å². The molecule has 1 unspecified atom stereocenters. The van der Waals surface area contributed by atoms with Crippen LogP contribution in [0.1, 0.15) is 52.6 Å². The summed E-state index contributed by atoms with van der Waals surface area (Å²) in [5.74, 6) is 0.105. The van der Waals surface area contributed by atoms with Crippen molar-refractivity contribution in [3.05, 3.63) is 42.0 Å². The summed E-state index contributed by atoms with van der Waals surface area (Å²) in [6, 6.07) is 7.93. The van der Waals surface area contributed by atoms with E-state index in [2.05, 4.69) is 5.43 Å². The second-order valence-corrected chi connectivity index (χ2v) is 8.75. The van der Waals surface area contributed by atoms with E-state index in [-0.39, 0.29) is 12.0 Å². The molecule has 1 saturated heterocycles. The molecule has 0 saturated carbocycles. The normalized spacial score (nSPS) is 18.9. The van der Waals surface area contributed by atoms with Crippen LogP contribution in [0, 0.1) is 0 Å². The number of alkyl halides is 3. The van der Waals surface area contributed by atoms with Crippen molar-refractivity contribution in [3.63, 3.8) is 0 Å². The fraction of sp³-hybridized carbons (Fsp3) is 0.476. The number of ether oxygens (including phenoxy) is 1. The van der Waals surface area contributed by atoms with Crippen LogP contribution >= 0.6 is 0 Å². The van der Waals surface area contributed by atoms with Crippen LogP contribution in [0.25, 0.3) is 10.8 Å². The predicted molar refractivity (Wildman–Crippen MR) is 102 cm³/mol. The fourth-order valence-electron chi connectivity index (χ4n) is 3.64. The van der Waals surface area contributed by atoms with E-state index in [1.54, 1.807) is 44.2 Å². The predicted octanol–water partition coefficient (Wildman–Crippen LogP) is 5.14. The molecule has 7 heteroatoms. The van der Waals surface area contributed by atoms with Gasteiger partial charge in [-0.3, -0.25) is 10.2 Å². The Labute approximate surface area is 162 Å². The molecule has 28 heavy (non-hydrogen) atoms. The number of nitrogens with zero attached hydrogens (tertiary/aromatic N) is 1. The molecule has 1 aliphatic heterocycles. The minimum absolute atomic E-state index is 0.00271. The molecule has 2 aromatic carbocycles. The molecule has 0 aromatic heterocycles. The van der Waals surface area contributed by atoms with Crippen LogP contribution in [0.4, 0.5) is 13.2 Å². The molecule has 0 spiro atoms. The number of carbonyl (C=O) groups is 1. The maximum atomic E-state index is 14.2. The molecule has 1 amide bonds. The lowest BCUT2D eigenvalue weighted by Gasteiger charge is -2.38. The molecular formula is C21H25F3N2O2. The van der Waals surface area contributed by atoms with E-state index in [0.29, 0.717) is 16.5 Å². The maximum Gasteiger partial charge on any atom is 0.409 e. The van der Waals surface area contributed by atoms with Gasteiger partial charge in [0.05, 0.1) is 0 Å². The second kappa shape index (κ2) is 6.65. The third-order valence-electron chi connectivity index (χ3n) is 4.69. The Balaban J connectivity index is 2.19. The van der Waals surface area contributed by atoms with Gasteiger partial charge in [0.15, 0.2) is 6.04 Å². The zero-order chi connectivity index (χ0) is 20.9. The minimum atomic E-state index is -4.58. The molecule has 1 atom stereocenters. The lowest BCUT2D eigenvalue weighted by atomic mass is 9.93. The third-order valence-corrected chi connectivity index (χ3v) is 4.69. The van der Waals surface area contributed by atoms with Gasteiger partial charge in [0.1, 0.15) is 11.4 Å². The summed E-state index contributed by atoms with van der Waals surface area (Å²) in [5, 5.41) is 2.08. The van der Waals surface area contributed by atoms with Gasteiger partial charge in [-0.15, -0.1) is 0 Å². The minimum Gasteiger partial charge on any atom is -0.488 e. The molecule has 1 heterocycles. The molecular weight excluding hydrogens is 369 g/mol. The summed E-state index contributed by atoms with van der Waals surface area (Å²) in [7, 11) is 0. The smallest absolute Gasteiger partial charge is 0.409 e. The van der Waals surface area contributed by atoms with E-state index in [4.69, 9.17) is 4.74 Å². The number of nitrogens with one attached hydrogen (secondary N) is 1. The number of hydrazine groups is 1. The summed E-state index contributed by atoms with van der Waals surface area (Å²) in [6.45, 7) is 8.91. The van der Waals surface area contributed by atoms with Crippen molar-refractivity contribution in [2.24, 2.45) is 0 Å². The summed E-state index contributed by atoms with van der Waals surface area (Å²) in [5.41, 5.74) is 1.03. The van der Waals surface area contributed by atoms with Crippen LogP contribution < -0.4 is 10.2 Å². The lowest BCUT2D eigenvalue weighted by Crippen LogP contribution is -2.51. The first kappa shape index (κ1) is 20.5. The average Bonchev–Trinajstić information content (AvgIpc) is 2.78. The monoisotopic (exact) mass is 394 g/mol. The van der Waals surface area contributed by atoms with Crippen LogP contribution in [0.15, 0.2) is 36.4 Å². The second-order valence-electron chi connectivity index (χ2n) is 8.75. The fourth-order valence-corrected chi connectivity index (χ4v) is 3.64. The average molecular weight is 394 g/mol. The lowest BCUT2D eigenvalue weighted by molar-refractivity contribution is -0.203. The van der Waals surface area contributed by atoms with Crippen molar-refractivity contribution in [1.29, 1.82) is 0 Å². The van der Waals surface area contributed by atoms with E-state index in [9.17, 15) is 18.0 Å². The van der Waals surface area contributed by atoms with Crippen molar-refractivity contribution < 1.29 is 22.7 Å². The molecule has 3 rings (SSSR count). The van der Waals surface area contributed by atoms with Gasteiger partial charge in [0.25, 0.3) is 0 Å². The van der Waals surface area contributed by atoms with E-state index in [1.165, 1.54) is 6.07 Å². The number of hydrogen-bond acceptors (Lipinski definition) is 3. The standard InChI is InChI=1S/C21H25F3N2O2/c1-19(2,3)28-16-11-7-8-13-14(16)9-6-10-15(13)18(21(22,23)24)26-20(4,5)12-17(27)25-26/h6-11,18H,12H2,1-5H3,(H,25,27). The summed E-state index contributed by atoms with van der Waals surface area (Å²) in [4.78, 5) is 11.9. The van der Waals surface area contributed by atoms with Crippen molar-refractivity contribution in [1.82, 2.24) is 10.4 Å². The van der Waals surface area contributed by atoms with Crippen LogP contribution in [0.3, 0.4) is 0 Å². The van der Waals surface area contributed by atoms with Crippen molar-refractivity contribution in [2.45, 2.75) is 64.4 Å². The zero-order valence-electron chi connectivity index (χ0n) is 16.6. The zero-order valence-corrected chi connectivity index (χ0v) is 16.6. The van der Waals surface area contributed by atoms with Crippen LogP contribution in [0.5, 0.6) is 5.75 Å². The topological polar surface area (TPSA) is 41.6 Å². The molecule has 4 nitrogen and oxygen atoms in total.